The minimum Gasteiger partial charge on any atom is -0.396 e. The molecule has 0 radical (unpaired) electrons. The third-order valence-electron chi connectivity index (χ3n) is 3.67. The Kier molecular flexibility index (Phi) is 5.57. The topological polar surface area (TPSA) is 52.6 Å². The van der Waals surface area contributed by atoms with E-state index in [0.717, 1.165) is 41.7 Å². The lowest BCUT2D eigenvalue weighted by molar-refractivity contribution is -0.117. The largest absolute Gasteiger partial charge is 0.396 e. The summed E-state index contributed by atoms with van der Waals surface area (Å²) >= 11 is 3.45. The van der Waals surface area contributed by atoms with Gasteiger partial charge in [-0.15, -0.1) is 0 Å². The SMILES string of the molecule is Cc1cc(NC(=O)CN2CCCC(CO)C2)ccc1Br. The second-order valence-electron chi connectivity index (χ2n) is 5.44. The standard InChI is InChI=1S/C15H21BrN2O2/c1-11-7-13(4-5-14(11)16)17-15(20)9-18-6-2-3-12(8-18)10-19/h4-5,7,12,19H,2-3,6,8-10H2,1H3,(H,17,20). The Balaban J connectivity index is 1.87. The van der Waals surface area contributed by atoms with Crippen molar-refractivity contribution in [3.63, 3.8) is 0 Å². The molecule has 0 aromatic heterocycles. The van der Waals surface area contributed by atoms with Crippen LogP contribution < -0.4 is 5.32 Å². The van der Waals surface area contributed by atoms with Crippen LogP contribution in [0.25, 0.3) is 0 Å². The molecule has 5 heteroatoms. The van der Waals surface area contributed by atoms with Crippen LogP contribution in [-0.2, 0) is 4.79 Å². The molecule has 4 nitrogen and oxygen atoms in total. The van der Waals surface area contributed by atoms with Crippen LogP contribution in [0.3, 0.4) is 0 Å². The lowest BCUT2D eigenvalue weighted by Gasteiger charge is -2.31. The first kappa shape index (κ1) is 15.5. The highest BCUT2D eigenvalue weighted by atomic mass is 79.9. The highest BCUT2D eigenvalue weighted by molar-refractivity contribution is 9.10. The Morgan fingerprint density at radius 1 is 1.55 bits per heavy atom. The van der Waals surface area contributed by atoms with E-state index in [4.69, 9.17) is 0 Å². The number of likely N-dealkylation sites (tertiary alicyclic amines) is 1. The first-order chi connectivity index (χ1) is 9.58. The zero-order valence-electron chi connectivity index (χ0n) is 11.7. The summed E-state index contributed by atoms with van der Waals surface area (Å²) in [4.78, 5) is 14.2. The number of carbonyl (C=O) groups is 1. The number of aryl methyl sites for hydroxylation is 1. The van der Waals surface area contributed by atoms with Crippen molar-refractivity contribution in [3.8, 4) is 0 Å². The summed E-state index contributed by atoms with van der Waals surface area (Å²) in [6, 6.07) is 5.78. The van der Waals surface area contributed by atoms with Gasteiger partial charge in [0, 0.05) is 23.3 Å². The van der Waals surface area contributed by atoms with E-state index in [1.54, 1.807) is 0 Å². The highest BCUT2D eigenvalue weighted by Crippen LogP contribution is 2.20. The molecular weight excluding hydrogens is 320 g/mol. The van der Waals surface area contributed by atoms with Crippen molar-refractivity contribution in [2.75, 3.05) is 31.6 Å². The van der Waals surface area contributed by atoms with Gasteiger partial charge in [-0.05, 0) is 56.0 Å². The zero-order chi connectivity index (χ0) is 14.5. The number of hydrogen-bond donors (Lipinski definition) is 2. The van der Waals surface area contributed by atoms with E-state index in [2.05, 4.69) is 26.1 Å². The highest BCUT2D eigenvalue weighted by Gasteiger charge is 2.20. The summed E-state index contributed by atoms with van der Waals surface area (Å²) in [5, 5.41) is 12.1. The molecule has 2 N–H and O–H groups in total. The maximum atomic E-state index is 12.0. The minimum atomic E-state index is 0.00492. The van der Waals surface area contributed by atoms with Crippen LogP contribution in [0.5, 0.6) is 0 Å². The first-order valence-electron chi connectivity index (χ1n) is 6.97. The molecule has 1 amide bonds. The molecule has 1 fully saturated rings. The Morgan fingerprint density at radius 2 is 2.35 bits per heavy atom. The maximum Gasteiger partial charge on any atom is 0.238 e. The van der Waals surface area contributed by atoms with Crippen LogP contribution >= 0.6 is 15.9 Å². The smallest absolute Gasteiger partial charge is 0.238 e. The molecule has 0 spiro atoms. The van der Waals surface area contributed by atoms with E-state index < -0.39 is 0 Å². The Hall–Kier alpha value is -0.910. The number of rotatable bonds is 4. The molecule has 1 aromatic rings. The number of aliphatic hydroxyl groups is 1. The summed E-state index contributed by atoms with van der Waals surface area (Å²) in [5.41, 5.74) is 1.92. The zero-order valence-corrected chi connectivity index (χ0v) is 13.3. The van der Waals surface area contributed by atoms with Crippen molar-refractivity contribution in [3.05, 3.63) is 28.2 Å². The van der Waals surface area contributed by atoms with Gasteiger partial charge in [-0.2, -0.15) is 0 Å². The Bertz CT molecular complexity index is 479. The number of hydrogen-bond acceptors (Lipinski definition) is 3. The number of benzene rings is 1. The van der Waals surface area contributed by atoms with E-state index in [1.807, 2.05) is 25.1 Å². The van der Waals surface area contributed by atoms with Crippen molar-refractivity contribution in [2.45, 2.75) is 19.8 Å². The maximum absolute atomic E-state index is 12.0. The molecular formula is C15H21BrN2O2. The summed E-state index contributed by atoms with van der Waals surface area (Å²) in [6.45, 7) is 4.35. The normalized spacial score (nSPS) is 19.9. The van der Waals surface area contributed by atoms with Crippen LogP contribution in [0.4, 0.5) is 5.69 Å². The van der Waals surface area contributed by atoms with Crippen molar-refractivity contribution >= 4 is 27.5 Å². The van der Waals surface area contributed by atoms with Gasteiger partial charge in [-0.3, -0.25) is 9.69 Å². The fourth-order valence-electron chi connectivity index (χ4n) is 2.57. The molecule has 0 saturated carbocycles. The van der Waals surface area contributed by atoms with E-state index in [9.17, 15) is 9.90 Å². The van der Waals surface area contributed by atoms with Gasteiger partial charge in [0.2, 0.25) is 5.91 Å². The second-order valence-corrected chi connectivity index (χ2v) is 6.29. The second kappa shape index (κ2) is 7.20. The molecule has 1 aromatic carbocycles. The van der Waals surface area contributed by atoms with Gasteiger partial charge in [-0.25, -0.2) is 0 Å². The molecule has 1 saturated heterocycles. The Morgan fingerprint density at radius 3 is 3.05 bits per heavy atom. The number of aliphatic hydroxyl groups excluding tert-OH is 1. The Labute approximate surface area is 128 Å². The average Bonchev–Trinajstić information content (AvgIpc) is 2.43. The number of carbonyl (C=O) groups excluding carboxylic acids is 1. The van der Waals surface area contributed by atoms with Crippen LogP contribution in [0.1, 0.15) is 18.4 Å². The number of anilines is 1. The van der Waals surface area contributed by atoms with Gasteiger partial charge in [0.15, 0.2) is 0 Å². The van der Waals surface area contributed by atoms with Crippen molar-refractivity contribution in [1.29, 1.82) is 0 Å². The quantitative estimate of drug-likeness (QED) is 0.884. The van der Waals surface area contributed by atoms with Crippen molar-refractivity contribution < 1.29 is 9.90 Å². The minimum absolute atomic E-state index is 0.00492. The summed E-state index contributed by atoms with van der Waals surface area (Å²) in [7, 11) is 0. The van der Waals surface area contributed by atoms with Gasteiger partial charge in [0.1, 0.15) is 0 Å². The van der Waals surface area contributed by atoms with Crippen LogP contribution in [0.2, 0.25) is 0 Å². The van der Waals surface area contributed by atoms with Gasteiger partial charge < -0.3 is 10.4 Å². The number of nitrogens with one attached hydrogen (secondary N) is 1. The van der Waals surface area contributed by atoms with Crippen LogP contribution in [-0.4, -0.2) is 42.2 Å². The molecule has 2 rings (SSSR count). The fourth-order valence-corrected chi connectivity index (χ4v) is 2.82. The molecule has 1 unspecified atom stereocenters. The van der Waals surface area contributed by atoms with E-state index >= 15 is 0 Å². The summed E-state index contributed by atoms with van der Waals surface area (Å²) < 4.78 is 1.04. The van der Waals surface area contributed by atoms with Crippen LogP contribution in [0, 0.1) is 12.8 Å². The summed E-state index contributed by atoms with van der Waals surface area (Å²) in [5.74, 6) is 0.316. The number of nitrogens with zero attached hydrogens (tertiary/aromatic N) is 1. The van der Waals surface area contributed by atoms with E-state index in [0.29, 0.717) is 12.5 Å². The third-order valence-corrected chi connectivity index (χ3v) is 4.56. The number of amides is 1. The average molecular weight is 341 g/mol. The van der Waals surface area contributed by atoms with E-state index in [1.165, 1.54) is 0 Å². The molecule has 110 valence electrons. The lowest BCUT2D eigenvalue weighted by Crippen LogP contribution is -2.41. The van der Waals surface area contributed by atoms with Crippen molar-refractivity contribution in [2.24, 2.45) is 5.92 Å². The van der Waals surface area contributed by atoms with Crippen molar-refractivity contribution in [1.82, 2.24) is 4.90 Å². The molecule has 20 heavy (non-hydrogen) atoms. The van der Waals surface area contributed by atoms with Gasteiger partial charge >= 0.3 is 0 Å². The molecule has 1 heterocycles. The predicted octanol–water partition coefficient (Wildman–Crippen LogP) is 2.40. The van der Waals surface area contributed by atoms with Crippen LogP contribution in [0.15, 0.2) is 22.7 Å². The predicted molar refractivity (Wildman–Crippen MR) is 83.8 cm³/mol. The number of piperidine rings is 1. The third kappa shape index (κ3) is 4.30. The molecule has 0 bridgehead atoms. The fraction of sp³-hybridized carbons (Fsp3) is 0.533. The van der Waals surface area contributed by atoms with Gasteiger partial charge in [0.05, 0.1) is 6.54 Å². The molecule has 1 aliphatic heterocycles. The summed E-state index contributed by atoms with van der Waals surface area (Å²) in [6.07, 6.45) is 2.11. The molecule has 0 aliphatic carbocycles. The van der Waals surface area contributed by atoms with Gasteiger partial charge in [-0.1, -0.05) is 15.9 Å². The molecule has 1 aliphatic rings. The first-order valence-corrected chi connectivity index (χ1v) is 7.77. The van der Waals surface area contributed by atoms with E-state index in [-0.39, 0.29) is 12.5 Å². The molecule has 1 atom stereocenters. The van der Waals surface area contributed by atoms with Gasteiger partial charge in [0.25, 0.3) is 0 Å². The number of halogens is 1. The lowest BCUT2D eigenvalue weighted by atomic mass is 9.99. The monoisotopic (exact) mass is 340 g/mol.